The number of fused-ring (bicyclic) bond motifs is 1. The Bertz CT molecular complexity index is 643. The number of esters is 1. The standard InChI is InChI=1S/C17H20N2O4/c1-23-15(20)9-11-10-19(14-7-3-2-5-12(11)14)17(22)13-6-4-8-18-16(13)21/h2-3,5,7,11,13H,4,6,8-10H2,1H3,(H,18,21). The third-order valence-electron chi connectivity index (χ3n) is 4.56. The highest BCUT2D eigenvalue weighted by molar-refractivity contribution is 6.09. The fraction of sp³-hybridized carbons (Fsp3) is 0.471. The third kappa shape index (κ3) is 2.93. The molecule has 0 bridgehead atoms. The number of para-hydroxylation sites is 1. The molecule has 2 unspecified atom stereocenters. The molecule has 6 nitrogen and oxygen atoms in total. The average Bonchev–Trinajstić information content (AvgIpc) is 2.93. The lowest BCUT2D eigenvalue weighted by atomic mass is 9.97. The molecule has 1 N–H and O–H groups in total. The van der Waals surface area contributed by atoms with Crippen molar-refractivity contribution >= 4 is 23.5 Å². The zero-order valence-electron chi connectivity index (χ0n) is 13.1. The second-order valence-corrected chi connectivity index (χ2v) is 5.97. The van der Waals surface area contributed by atoms with E-state index in [1.807, 2.05) is 24.3 Å². The van der Waals surface area contributed by atoms with E-state index in [2.05, 4.69) is 5.32 Å². The summed E-state index contributed by atoms with van der Waals surface area (Å²) in [4.78, 5) is 38.1. The van der Waals surface area contributed by atoms with Crippen LogP contribution in [0.4, 0.5) is 5.69 Å². The Morgan fingerprint density at radius 3 is 2.87 bits per heavy atom. The van der Waals surface area contributed by atoms with Crippen molar-refractivity contribution in [2.75, 3.05) is 25.1 Å². The van der Waals surface area contributed by atoms with E-state index in [0.29, 0.717) is 19.5 Å². The van der Waals surface area contributed by atoms with Gasteiger partial charge in [-0.25, -0.2) is 0 Å². The summed E-state index contributed by atoms with van der Waals surface area (Å²) in [5.41, 5.74) is 1.76. The molecule has 2 aliphatic rings. The van der Waals surface area contributed by atoms with Crippen LogP contribution in [0.15, 0.2) is 24.3 Å². The SMILES string of the molecule is COC(=O)CC1CN(C(=O)C2CCCNC2=O)c2ccccc21. The van der Waals surface area contributed by atoms with Crippen LogP contribution >= 0.6 is 0 Å². The number of benzene rings is 1. The van der Waals surface area contributed by atoms with Gasteiger partial charge in [-0.2, -0.15) is 0 Å². The first-order chi connectivity index (χ1) is 11.1. The molecule has 122 valence electrons. The third-order valence-corrected chi connectivity index (χ3v) is 4.56. The zero-order valence-corrected chi connectivity index (χ0v) is 13.1. The summed E-state index contributed by atoms with van der Waals surface area (Å²) in [6, 6.07) is 7.55. The fourth-order valence-corrected chi connectivity index (χ4v) is 3.36. The molecule has 0 aliphatic carbocycles. The Balaban J connectivity index is 1.84. The molecular formula is C17H20N2O4. The smallest absolute Gasteiger partial charge is 0.306 e. The minimum Gasteiger partial charge on any atom is -0.469 e. The first-order valence-electron chi connectivity index (χ1n) is 7.86. The summed E-state index contributed by atoms with van der Waals surface area (Å²) < 4.78 is 4.75. The van der Waals surface area contributed by atoms with Crippen LogP contribution in [0.3, 0.4) is 0 Å². The van der Waals surface area contributed by atoms with Crippen LogP contribution in [-0.2, 0) is 19.1 Å². The predicted molar refractivity (Wildman–Crippen MR) is 83.9 cm³/mol. The van der Waals surface area contributed by atoms with Crippen molar-refractivity contribution in [2.24, 2.45) is 5.92 Å². The lowest BCUT2D eigenvalue weighted by Gasteiger charge is -2.26. The molecule has 2 aliphatic heterocycles. The summed E-state index contributed by atoms with van der Waals surface area (Å²) in [6.07, 6.45) is 1.61. The minimum absolute atomic E-state index is 0.0887. The summed E-state index contributed by atoms with van der Waals surface area (Å²) in [5, 5.41) is 2.75. The van der Waals surface area contributed by atoms with Crippen LogP contribution in [-0.4, -0.2) is 38.0 Å². The van der Waals surface area contributed by atoms with Gasteiger partial charge in [-0.1, -0.05) is 18.2 Å². The number of carbonyl (C=O) groups excluding carboxylic acids is 3. The minimum atomic E-state index is -0.631. The van der Waals surface area contributed by atoms with E-state index in [-0.39, 0.29) is 30.1 Å². The highest BCUT2D eigenvalue weighted by atomic mass is 16.5. The number of amides is 2. The lowest BCUT2D eigenvalue weighted by molar-refractivity contribution is -0.141. The number of methoxy groups -OCH3 is 1. The van der Waals surface area contributed by atoms with Gasteiger partial charge in [-0.3, -0.25) is 14.4 Å². The molecule has 2 atom stereocenters. The van der Waals surface area contributed by atoms with E-state index >= 15 is 0 Å². The van der Waals surface area contributed by atoms with E-state index in [0.717, 1.165) is 17.7 Å². The van der Waals surface area contributed by atoms with Gasteiger partial charge in [0.1, 0.15) is 5.92 Å². The maximum atomic E-state index is 12.8. The maximum absolute atomic E-state index is 12.8. The van der Waals surface area contributed by atoms with Crippen molar-refractivity contribution < 1.29 is 19.1 Å². The quantitative estimate of drug-likeness (QED) is 0.672. The summed E-state index contributed by atoms with van der Waals surface area (Å²) >= 11 is 0. The number of rotatable bonds is 3. The number of hydrogen-bond acceptors (Lipinski definition) is 4. The molecule has 1 aromatic carbocycles. The van der Waals surface area contributed by atoms with Crippen LogP contribution in [0.2, 0.25) is 0 Å². The monoisotopic (exact) mass is 316 g/mol. The molecule has 1 aromatic rings. The number of nitrogens with zero attached hydrogens (tertiary/aromatic N) is 1. The Morgan fingerprint density at radius 2 is 2.13 bits per heavy atom. The number of anilines is 1. The number of hydrogen-bond donors (Lipinski definition) is 1. The van der Waals surface area contributed by atoms with Gasteiger partial charge >= 0.3 is 5.97 Å². The Hall–Kier alpha value is -2.37. The number of nitrogens with one attached hydrogen (secondary N) is 1. The van der Waals surface area contributed by atoms with Gasteiger partial charge in [0.2, 0.25) is 11.8 Å². The number of piperidine rings is 1. The first-order valence-corrected chi connectivity index (χ1v) is 7.86. The van der Waals surface area contributed by atoms with Gasteiger partial charge in [-0.15, -0.1) is 0 Å². The topological polar surface area (TPSA) is 75.7 Å². The fourth-order valence-electron chi connectivity index (χ4n) is 3.36. The van der Waals surface area contributed by atoms with Crippen molar-refractivity contribution in [2.45, 2.75) is 25.2 Å². The van der Waals surface area contributed by atoms with Gasteiger partial charge in [0.25, 0.3) is 0 Å². The van der Waals surface area contributed by atoms with E-state index in [4.69, 9.17) is 4.74 Å². The van der Waals surface area contributed by atoms with Gasteiger partial charge in [0, 0.05) is 24.7 Å². The van der Waals surface area contributed by atoms with Gasteiger partial charge in [0.05, 0.1) is 13.5 Å². The van der Waals surface area contributed by atoms with Crippen LogP contribution in [0.1, 0.15) is 30.7 Å². The van der Waals surface area contributed by atoms with E-state index in [1.165, 1.54) is 7.11 Å². The molecular weight excluding hydrogens is 296 g/mol. The molecule has 0 aromatic heterocycles. The summed E-state index contributed by atoms with van der Waals surface area (Å²) in [7, 11) is 1.36. The molecule has 6 heteroatoms. The van der Waals surface area contributed by atoms with Crippen molar-refractivity contribution in [1.82, 2.24) is 5.32 Å². The average molecular weight is 316 g/mol. The molecule has 1 fully saturated rings. The van der Waals surface area contributed by atoms with Gasteiger partial charge in [0.15, 0.2) is 0 Å². The van der Waals surface area contributed by atoms with Crippen molar-refractivity contribution in [1.29, 1.82) is 0 Å². The van der Waals surface area contributed by atoms with Crippen molar-refractivity contribution in [3.63, 3.8) is 0 Å². The zero-order chi connectivity index (χ0) is 16.4. The molecule has 3 rings (SSSR count). The van der Waals surface area contributed by atoms with Gasteiger partial charge < -0.3 is 15.0 Å². The van der Waals surface area contributed by atoms with Crippen LogP contribution in [0, 0.1) is 5.92 Å². The first kappa shape index (κ1) is 15.5. The summed E-state index contributed by atoms with van der Waals surface area (Å²) in [6.45, 7) is 1.04. The normalized spacial score (nSPS) is 23.2. The van der Waals surface area contributed by atoms with Crippen LogP contribution in [0.25, 0.3) is 0 Å². The number of carbonyl (C=O) groups is 3. The van der Waals surface area contributed by atoms with Crippen molar-refractivity contribution in [3.05, 3.63) is 29.8 Å². The molecule has 0 saturated carbocycles. The second-order valence-electron chi connectivity index (χ2n) is 5.97. The van der Waals surface area contributed by atoms with E-state index in [9.17, 15) is 14.4 Å². The molecule has 1 saturated heterocycles. The lowest BCUT2D eigenvalue weighted by Crippen LogP contribution is -2.46. The Labute approximate surface area is 134 Å². The van der Waals surface area contributed by atoms with Crippen LogP contribution < -0.4 is 10.2 Å². The van der Waals surface area contributed by atoms with Gasteiger partial charge in [-0.05, 0) is 24.5 Å². The molecule has 0 radical (unpaired) electrons. The highest BCUT2D eigenvalue weighted by Gasteiger charge is 2.39. The second kappa shape index (κ2) is 6.40. The predicted octanol–water partition coefficient (Wildman–Crippen LogP) is 1.21. The summed E-state index contributed by atoms with van der Waals surface area (Å²) in [5.74, 6) is -1.39. The van der Waals surface area contributed by atoms with E-state index in [1.54, 1.807) is 4.90 Å². The van der Waals surface area contributed by atoms with Crippen LogP contribution in [0.5, 0.6) is 0 Å². The highest BCUT2D eigenvalue weighted by Crippen LogP contribution is 2.39. The Morgan fingerprint density at radius 1 is 1.35 bits per heavy atom. The van der Waals surface area contributed by atoms with E-state index < -0.39 is 5.92 Å². The largest absolute Gasteiger partial charge is 0.469 e. The molecule has 23 heavy (non-hydrogen) atoms. The molecule has 0 spiro atoms. The van der Waals surface area contributed by atoms with Crippen molar-refractivity contribution in [3.8, 4) is 0 Å². The maximum Gasteiger partial charge on any atom is 0.306 e. The molecule has 2 heterocycles. The molecule has 2 amide bonds. The Kier molecular flexibility index (Phi) is 4.32. The number of ether oxygens (including phenoxy) is 1.